The molecule has 6 rings (SSSR count). The van der Waals surface area contributed by atoms with Gasteiger partial charge >= 0.3 is 0 Å². The number of nitrogens with zero attached hydrogens (tertiary/aromatic N) is 2. The number of hydrogen-bond acceptors (Lipinski definition) is 4. The fourth-order valence-corrected chi connectivity index (χ4v) is 5.03. The lowest BCUT2D eigenvalue weighted by Gasteiger charge is -2.30. The molecule has 0 radical (unpaired) electrons. The molecule has 0 saturated carbocycles. The Bertz CT molecular complexity index is 1450. The number of carbonyl (C=O) groups excluding carboxylic acids is 1. The van der Waals surface area contributed by atoms with Crippen molar-refractivity contribution in [3.05, 3.63) is 100 Å². The predicted molar refractivity (Wildman–Crippen MR) is 133 cm³/mol. The summed E-state index contributed by atoms with van der Waals surface area (Å²) in [4.78, 5) is 15.6. The maximum atomic E-state index is 13.4. The molecule has 0 saturated heterocycles. The first kappa shape index (κ1) is 20.8. The normalized spacial score (nSPS) is 16.4. The number of fused-ring (bicyclic) bond motifs is 3. The molecule has 3 aromatic carbocycles. The van der Waals surface area contributed by atoms with E-state index >= 15 is 0 Å². The first-order valence-electron chi connectivity index (χ1n) is 11.7. The van der Waals surface area contributed by atoms with Gasteiger partial charge in [0.25, 0.3) is 0 Å². The third kappa shape index (κ3) is 3.40. The van der Waals surface area contributed by atoms with Crippen LogP contribution < -0.4 is 9.47 Å². The summed E-state index contributed by atoms with van der Waals surface area (Å²) in [5.74, 6) is 1.74. The molecule has 0 N–H and O–H groups in total. The Labute approximate surface area is 198 Å². The van der Waals surface area contributed by atoms with E-state index in [-0.39, 0.29) is 5.78 Å². The Morgan fingerprint density at radius 3 is 2.65 bits per heavy atom. The van der Waals surface area contributed by atoms with Gasteiger partial charge in [-0.1, -0.05) is 48.5 Å². The van der Waals surface area contributed by atoms with Gasteiger partial charge in [0.15, 0.2) is 5.76 Å². The number of carbonyl (C=O) groups is 1. The van der Waals surface area contributed by atoms with E-state index in [0.717, 1.165) is 53.0 Å². The van der Waals surface area contributed by atoms with E-state index in [0.29, 0.717) is 23.8 Å². The number of aromatic nitrogens is 1. The van der Waals surface area contributed by atoms with Crippen LogP contribution in [0.1, 0.15) is 39.5 Å². The number of ether oxygens (including phenoxy) is 2. The summed E-state index contributed by atoms with van der Waals surface area (Å²) in [6, 6.07) is 20.5. The Kier molecular flexibility index (Phi) is 5.00. The Hall–Kier alpha value is -3.83. The molecule has 2 aliphatic rings. The van der Waals surface area contributed by atoms with E-state index in [1.54, 1.807) is 0 Å². The molecule has 0 amide bonds. The summed E-state index contributed by atoms with van der Waals surface area (Å²) >= 11 is 0. The summed E-state index contributed by atoms with van der Waals surface area (Å²) in [6.07, 6.45) is 3.96. The standard InChI is InChI=1S/C29H26N2O3/c1-3-31-17-21(23-11-7-8-12-25(23)31)14-26-27(32)24-13-22-16-30(15-20-9-5-4-6-10-20)18-33-28(22)19(2)29(24)34-26/h4-14,17H,3,15-16,18H2,1-2H3/b26-14-. The van der Waals surface area contributed by atoms with Gasteiger partial charge in [-0.3, -0.25) is 9.69 Å². The number of ketones is 1. The zero-order valence-corrected chi connectivity index (χ0v) is 19.4. The Balaban J connectivity index is 1.33. The number of para-hydroxylation sites is 1. The lowest BCUT2D eigenvalue weighted by atomic mass is 10.00. The highest BCUT2D eigenvalue weighted by Gasteiger charge is 2.33. The van der Waals surface area contributed by atoms with Gasteiger partial charge in [-0.15, -0.1) is 0 Å². The van der Waals surface area contributed by atoms with Crippen LogP contribution in [0.2, 0.25) is 0 Å². The van der Waals surface area contributed by atoms with E-state index in [1.165, 1.54) is 5.56 Å². The molecule has 170 valence electrons. The van der Waals surface area contributed by atoms with Crippen molar-refractivity contribution < 1.29 is 14.3 Å². The van der Waals surface area contributed by atoms with E-state index in [4.69, 9.17) is 9.47 Å². The van der Waals surface area contributed by atoms with Gasteiger partial charge in [-0.25, -0.2) is 0 Å². The summed E-state index contributed by atoms with van der Waals surface area (Å²) < 4.78 is 14.5. The first-order chi connectivity index (χ1) is 16.6. The molecule has 0 aliphatic carbocycles. The zero-order valence-electron chi connectivity index (χ0n) is 19.4. The van der Waals surface area contributed by atoms with Gasteiger partial charge in [0.05, 0.1) is 5.56 Å². The SMILES string of the molecule is CCn1cc(/C=C2\Oc3c(cc4c(c3C)OCN(Cc3ccccc3)C4)C2=O)c2ccccc21. The van der Waals surface area contributed by atoms with Gasteiger partial charge in [-0.05, 0) is 37.6 Å². The van der Waals surface area contributed by atoms with Crippen molar-refractivity contribution in [3.63, 3.8) is 0 Å². The third-order valence-corrected chi connectivity index (χ3v) is 6.70. The molecule has 3 heterocycles. The second-order valence-corrected chi connectivity index (χ2v) is 8.94. The van der Waals surface area contributed by atoms with Crippen LogP contribution >= 0.6 is 0 Å². The van der Waals surface area contributed by atoms with Gasteiger partial charge in [-0.2, -0.15) is 0 Å². The highest BCUT2D eigenvalue weighted by molar-refractivity contribution is 6.15. The van der Waals surface area contributed by atoms with Crippen molar-refractivity contribution in [2.24, 2.45) is 0 Å². The molecule has 4 aromatic rings. The Morgan fingerprint density at radius 1 is 1.03 bits per heavy atom. The van der Waals surface area contributed by atoms with Crippen molar-refractivity contribution in [1.29, 1.82) is 0 Å². The molecule has 5 heteroatoms. The number of rotatable bonds is 4. The lowest BCUT2D eigenvalue weighted by Crippen LogP contribution is -2.32. The minimum atomic E-state index is -0.0746. The first-order valence-corrected chi connectivity index (χ1v) is 11.7. The molecular formula is C29H26N2O3. The van der Waals surface area contributed by atoms with Crippen LogP contribution in [0.3, 0.4) is 0 Å². The zero-order chi connectivity index (χ0) is 23.2. The fraction of sp³-hybridized carbons (Fsp3) is 0.207. The van der Waals surface area contributed by atoms with Crippen LogP contribution in [0, 0.1) is 6.92 Å². The molecule has 0 spiro atoms. The number of benzene rings is 3. The highest BCUT2D eigenvalue weighted by atomic mass is 16.5. The van der Waals surface area contributed by atoms with Gasteiger partial charge in [0.2, 0.25) is 5.78 Å². The van der Waals surface area contributed by atoms with Crippen molar-refractivity contribution in [2.75, 3.05) is 6.73 Å². The van der Waals surface area contributed by atoms with Crippen molar-refractivity contribution in [3.8, 4) is 11.5 Å². The summed E-state index contributed by atoms with van der Waals surface area (Å²) in [6.45, 7) is 6.99. The monoisotopic (exact) mass is 450 g/mol. The molecule has 2 aliphatic heterocycles. The van der Waals surface area contributed by atoms with Gasteiger partial charge in [0, 0.05) is 53.4 Å². The van der Waals surface area contributed by atoms with Crippen LogP contribution in [0.15, 0.2) is 72.6 Å². The van der Waals surface area contributed by atoms with Crippen LogP contribution in [0.25, 0.3) is 17.0 Å². The molecule has 0 fully saturated rings. The second-order valence-electron chi connectivity index (χ2n) is 8.94. The molecule has 5 nitrogen and oxygen atoms in total. The van der Waals surface area contributed by atoms with Gasteiger partial charge < -0.3 is 14.0 Å². The fourth-order valence-electron chi connectivity index (χ4n) is 5.03. The molecule has 1 aromatic heterocycles. The molecule has 0 unspecified atom stereocenters. The minimum Gasteiger partial charge on any atom is -0.477 e. The minimum absolute atomic E-state index is 0.0746. The number of allylic oxidation sites excluding steroid dienone is 1. The highest BCUT2D eigenvalue weighted by Crippen LogP contribution is 2.43. The van der Waals surface area contributed by atoms with Gasteiger partial charge in [0.1, 0.15) is 18.2 Å². The number of aryl methyl sites for hydroxylation is 1. The van der Waals surface area contributed by atoms with Crippen molar-refractivity contribution in [2.45, 2.75) is 33.5 Å². The predicted octanol–water partition coefficient (Wildman–Crippen LogP) is 5.94. The van der Waals surface area contributed by atoms with E-state index < -0.39 is 0 Å². The van der Waals surface area contributed by atoms with Crippen LogP contribution in [0.5, 0.6) is 11.5 Å². The van der Waals surface area contributed by atoms with E-state index in [1.807, 2.05) is 49.4 Å². The topological polar surface area (TPSA) is 43.7 Å². The molecule has 0 bridgehead atoms. The molecule has 34 heavy (non-hydrogen) atoms. The molecular weight excluding hydrogens is 424 g/mol. The maximum absolute atomic E-state index is 13.4. The average Bonchev–Trinajstić information content (AvgIpc) is 3.38. The lowest BCUT2D eigenvalue weighted by molar-refractivity contribution is 0.0876. The van der Waals surface area contributed by atoms with E-state index in [9.17, 15) is 4.79 Å². The average molecular weight is 451 g/mol. The summed E-state index contributed by atoms with van der Waals surface area (Å²) in [7, 11) is 0. The molecule has 0 atom stereocenters. The second kappa shape index (κ2) is 8.19. The number of hydrogen-bond donors (Lipinski definition) is 0. The van der Waals surface area contributed by atoms with Crippen LogP contribution in [0.4, 0.5) is 0 Å². The largest absolute Gasteiger partial charge is 0.477 e. The summed E-state index contributed by atoms with van der Waals surface area (Å²) in [5.41, 5.74) is 5.91. The van der Waals surface area contributed by atoms with E-state index in [2.05, 4.69) is 46.9 Å². The summed E-state index contributed by atoms with van der Waals surface area (Å²) in [5, 5.41) is 1.11. The van der Waals surface area contributed by atoms with Crippen molar-refractivity contribution in [1.82, 2.24) is 9.47 Å². The number of Topliss-reactive ketones (excluding diaryl/α,β-unsaturated/α-hetero) is 1. The maximum Gasteiger partial charge on any atom is 0.231 e. The Morgan fingerprint density at radius 2 is 1.82 bits per heavy atom. The van der Waals surface area contributed by atoms with Crippen LogP contribution in [-0.2, 0) is 19.6 Å². The third-order valence-electron chi connectivity index (χ3n) is 6.70. The van der Waals surface area contributed by atoms with Crippen molar-refractivity contribution >= 4 is 22.8 Å². The van der Waals surface area contributed by atoms with Crippen LogP contribution in [-0.4, -0.2) is 22.0 Å². The quantitative estimate of drug-likeness (QED) is 0.361. The smallest absolute Gasteiger partial charge is 0.231 e.